The maximum atomic E-state index is 12.4. The van der Waals surface area contributed by atoms with E-state index < -0.39 is 0 Å². The number of hydrogen-bond acceptors (Lipinski definition) is 3. The molecule has 106 valence electrons. The van der Waals surface area contributed by atoms with Crippen LogP contribution in [0.5, 0.6) is 0 Å². The summed E-state index contributed by atoms with van der Waals surface area (Å²) >= 11 is 1.51. The van der Waals surface area contributed by atoms with Crippen molar-refractivity contribution in [1.29, 1.82) is 0 Å². The SMILES string of the molecule is Cc1cc(C)c(NC(=O)c2cc3ccccc3s2)c(C)n1. The van der Waals surface area contributed by atoms with Crippen molar-refractivity contribution in [1.82, 2.24) is 4.98 Å². The van der Waals surface area contributed by atoms with Gasteiger partial charge in [-0.25, -0.2) is 0 Å². The van der Waals surface area contributed by atoms with Crippen molar-refractivity contribution in [3.63, 3.8) is 0 Å². The zero-order chi connectivity index (χ0) is 15.0. The molecule has 0 saturated carbocycles. The van der Waals surface area contributed by atoms with Gasteiger partial charge in [0.1, 0.15) is 0 Å². The Labute approximate surface area is 127 Å². The molecule has 0 bridgehead atoms. The van der Waals surface area contributed by atoms with Gasteiger partial charge in [-0.15, -0.1) is 11.3 Å². The maximum Gasteiger partial charge on any atom is 0.265 e. The quantitative estimate of drug-likeness (QED) is 0.758. The Kier molecular flexibility index (Phi) is 3.47. The fraction of sp³-hybridized carbons (Fsp3) is 0.176. The largest absolute Gasteiger partial charge is 0.319 e. The van der Waals surface area contributed by atoms with Gasteiger partial charge in [-0.2, -0.15) is 0 Å². The van der Waals surface area contributed by atoms with Crippen LogP contribution in [0.1, 0.15) is 26.6 Å². The summed E-state index contributed by atoms with van der Waals surface area (Å²) in [5.41, 5.74) is 3.66. The van der Waals surface area contributed by atoms with Crippen LogP contribution >= 0.6 is 11.3 Å². The highest BCUT2D eigenvalue weighted by Crippen LogP contribution is 2.27. The lowest BCUT2D eigenvalue weighted by Gasteiger charge is -2.11. The first-order valence-corrected chi connectivity index (χ1v) is 7.61. The molecule has 3 rings (SSSR count). The molecule has 0 saturated heterocycles. The molecule has 0 spiro atoms. The second-order valence-electron chi connectivity index (χ2n) is 5.14. The molecule has 4 heteroatoms. The van der Waals surface area contributed by atoms with Gasteiger partial charge in [-0.05, 0) is 49.9 Å². The Morgan fingerprint density at radius 1 is 1.14 bits per heavy atom. The second-order valence-corrected chi connectivity index (χ2v) is 6.23. The number of carbonyl (C=O) groups is 1. The van der Waals surface area contributed by atoms with Crippen LogP contribution in [0.2, 0.25) is 0 Å². The van der Waals surface area contributed by atoms with Crippen molar-refractivity contribution in [3.8, 4) is 0 Å². The van der Waals surface area contributed by atoms with E-state index in [-0.39, 0.29) is 5.91 Å². The summed E-state index contributed by atoms with van der Waals surface area (Å²) in [6.07, 6.45) is 0. The molecule has 1 amide bonds. The number of carbonyl (C=O) groups excluding carboxylic acids is 1. The number of nitrogens with zero attached hydrogens (tertiary/aromatic N) is 1. The Morgan fingerprint density at radius 3 is 2.62 bits per heavy atom. The summed E-state index contributed by atoms with van der Waals surface area (Å²) in [6.45, 7) is 5.86. The molecule has 3 aromatic rings. The van der Waals surface area contributed by atoms with Crippen LogP contribution in [-0.4, -0.2) is 10.9 Å². The number of rotatable bonds is 2. The van der Waals surface area contributed by atoms with Crippen LogP contribution in [-0.2, 0) is 0 Å². The monoisotopic (exact) mass is 296 g/mol. The van der Waals surface area contributed by atoms with Gasteiger partial charge in [0.2, 0.25) is 0 Å². The highest BCUT2D eigenvalue weighted by Gasteiger charge is 2.13. The summed E-state index contributed by atoms with van der Waals surface area (Å²) in [5, 5.41) is 4.09. The summed E-state index contributed by atoms with van der Waals surface area (Å²) in [4.78, 5) is 17.6. The number of thiophene rings is 1. The molecule has 0 unspecified atom stereocenters. The molecule has 3 nitrogen and oxygen atoms in total. The fourth-order valence-electron chi connectivity index (χ4n) is 2.48. The molecule has 21 heavy (non-hydrogen) atoms. The normalized spacial score (nSPS) is 10.8. The minimum absolute atomic E-state index is 0.0759. The summed E-state index contributed by atoms with van der Waals surface area (Å²) < 4.78 is 1.12. The van der Waals surface area contributed by atoms with Crippen LogP contribution in [0.15, 0.2) is 36.4 Å². The van der Waals surface area contributed by atoms with Gasteiger partial charge in [-0.1, -0.05) is 18.2 Å². The number of aryl methyl sites for hydroxylation is 3. The zero-order valence-corrected chi connectivity index (χ0v) is 13.0. The van der Waals surface area contributed by atoms with Gasteiger partial charge in [0.15, 0.2) is 0 Å². The maximum absolute atomic E-state index is 12.4. The van der Waals surface area contributed by atoms with Crippen molar-refractivity contribution < 1.29 is 4.79 Å². The number of benzene rings is 1. The average molecular weight is 296 g/mol. The topological polar surface area (TPSA) is 42.0 Å². The predicted octanol–water partition coefficient (Wildman–Crippen LogP) is 4.47. The van der Waals surface area contributed by atoms with Gasteiger partial charge in [0.25, 0.3) is 5.91 Å². The van der Waals surface area contributed by atoms with Crippen LogP contribution in [0.3, 0.4) is 0 Å². The number of fused-ring (bicyclic) bond motifs is 1. The van der Waals surface area contributed by atoms with Gasteiger partial charge in [-0.3, -0.25) is 9.78 Å². The van der Waals surface area contributed by atoms with Crippen LogP contribution in [0.25, 0.3) is 10.1 Å². The second kappa shape index (κ2) is 5.30. The van der Waals surface area contributed by atoms with Crippen LogP contribution in [0.4, 0.5) is 5.69 Å². The van der Waals surface area contributed by atoms with E-state index in [4.69, 9.17) is 0 Å². The smallest absolute Gasteiger partial charge is 0.265 e. The third-order valence-corrected chi connectivity index (χ3v) is 4.53. The van der Waals surface area contributed by atoms with Crippen LogP contribution < -0.4 is 5.32 Å². The molecule has 2 aromatic heterocycles. The number of hydrogen-bond donors (Lipinski definition) is 1. The summed E-state index contributed by atoms with van der Waals surface area (Å²) in [5.74, 6) is -0.0759. The molecule has 0 aliphatic heterocycles. The third-order valence-electron chi connectivity index (χ3n) is 3.41. The minimum Gasteiger partial charge on any atom is -0.319 e. The Balaban J connectivity index is 1.93. The van der Waals surface area contributed by atoms with Gasteiger partial charge >= 0.3 is 0 Å². The Hall–Kier alpha value is -2.20. The number of pyridine rings is 1. The number of anilines is 1. The first-order chi connectivity index (χ1) is 10.0. The fourth-order valence-corrected chi connectivity index (χ4v) is 3.44. The molecule has 2 heterocycles. The van der Waals surface area contributed by atoms with Crippen LogP contribution in [0, 0.1) is 20.8 Å². The highest BCUT2D eigenvalue weighted by molar-refractivity contribution is 7.20. The Bertz CT molecular complexity index is 780. The van der Waals surface area contributed by atoms with E-state index >= 15 is 0 Å². The standard InChI is InChI=1S/C17H16N2OS/c1-10-8-11(2)18-12(3)16(10)19-17(20)15-9-13-6-4-5-7-14(13)21-15/h4-9H,1-3H3,(H,19,20). The molecular formula is C17H16N2OS. The summed E-state index contributed by atoms with van der Waals surface area (Å²) in [7, 11) is 0. The van der Waals surface area contributed by atoms with Crippen molar-refractivity contribution >= 4 is 33.0 Å². The lowest BCUT2D eigenvalue weighted by atomic mass is 10.1. The van der Waals surface area contributed by atoms with E-state index in [0.717, 1.165) is 37.6 Å². The van der Waals surface area contributed by atoms with Gasteiger partial charge < -0.3 is 5.32 Å². The average Bonchev–Trinajstić information content (AvgIpc) is 2.86. The lowest BCUT2D eigenvalue weighted by Crippen LogP contribution is -2.13. The number of nitrogens with one attached hydrogen (secondary N) is 1. The van der Waals surface area contributed by atoms with Crippen molar-refractivity contribution in [2.45, 2.75) is 20.8 Å². The van der Waals surface area contributed by atoms with E-state index in [1.165, 1.54) is 11.3 Å². The van der Waals surface area contributed by atoms with E-state index in [1.54, 1.807) is 0 Å². The first kappa shape index (κ1) is 13.8. The number of amides is 1. The third kappa shape index (κ3) is 2.67. The van der Waals surface area contributed by atoms with E-state index in [1.807, 2.05) is 57.2 Å². The minimum atomic E-state index is -0.0759. The predicted molar refractivity (Wildman–Crippen MR) is 88.2 cm³/mol. The molecular weight excluding hydrogens is 280 g/mol. The molecule has 0 aliphatic rings. The highest BCUT2D eigenvalue weighted by atomic mass is 32.1. The summed E-state index contributed by atoms with van der Waals surface area (Å²) in [6, 6.07) is 11.9. The van der Waals surface area contributed by atoms with E-state index in [9.17, 15) is 4.79 Å². The van der Waals surface area contributed by atoms with Crippen molar-refractivity contribution in [2.75, 3.05) is 5.32 Å². The number of aromatic nitrogens is 1. The first-order valence-electron chi connectivity index (χ1n) is 6.79. The van der Waals surface area contributed by atoms with Gasteiger partial charge in [0, 0.05) is 10.4 Å². The molecule has 1 N–H and O–H groups in total. The van der Waals surface area contributed by atoms with Gasteiger partial charge in [0.05, 0.1) is 16.3 Å². The molecule has 1 aromatic carbocycles. The van der Waals surface area contributed by atoms with Crippen molar-refractivity contribution in [3.05, 3.63) is 58.2 Å². The molecule has 0 radical (unpaired) electrons. The van der Waals surface area contributed by atoms with E-state index in [0.29, 0.717) is 0 Å². The Morgan fingerprint density at radius 2 is 1.90 bits per heavy atom. The van der Waals surface area contributed by atoms with E-state index in [2.05, 4.69) is 10.3 Å². The molecule has 0 aliphatic carbocycles. The lowest BCUT2D eigenvalue weighted by molar-refractivity contribution is 0.103. The molecule has 0 fully saturated rings. The van der Waals surface area contributed by atoms with Crippen molar-refractivity contribution in [2.24, 2.45) is 0 Å². The zero-order valence-electron chi connectivity index (χ0n) is 12.2. The molecule has 0 atom stereocenters.